The topological polar surface area (TPSA) is 29.9 Å². The normalized spacial score (nSPS) is 10.6. The fourth-order valence-corrected chi connectivity index (χ4v) is 1.94. The first-order valence-electron chi connectivity index (χ1n) is 5.36. The summed E-state index contributed by atoms with van der Waals surface area (Å²) in [6.07, 6.45) is 1.99. The summed E-state index contributed by atoms with van der Waals surface area (Å²) < 4.78 is 2.02. The van der Waals surface area contributed by atoms with Crippen molar-refractivity contribution in [3.8, 4) is 0 Å². The Bertz CT molecular complexity index is 535. The predicted octanol–water partition coefficient (Wildman–Crippen LogP) is 4.26. The van der Waals surface area contributed by atoms with Crippen LogP contribution in [0.2, 0.25) is 10.0 Å². The van der Waals surface area contributed by atoms with Crippen LogP contribution in [-0.2, 0) is 6.54 Å². The van der Waals surface area contributed by atoms with Crippen LogP contribution in [0.4, 0.5) is 11.6 Å². The summed E-state index contributed by atoms with van der Waals surface area (Å²) >= 11 is 12.0. The van der Waals surface area contributed by atoms with Gasteiger partial charge in [-0.15, -0.1) is 0 Å². The Morgan fingerprint density at radius 3 is 2.82 bits per heavy atom. The molecular weight excluding hydrogens is 257 g/mol. The number of nitrogens with one attached hydrogen (secondary N) is 1. The number of rotatable bonds is 3. The summed E-state index contributed by atoms with van der Waals surface area (Å²) in [5.74, 6) is 0.772. The Morgan fingerprint density at radius 1 is 1.35 bits per heavy atom. The molecule has 1 aromatic carbocycles. The van der Waals surface area contributed by atoms with Crippen molar-refractivity contribution < 1.29 is 0 Å². The SMILES string of the molecule is CCn1cc(C)nc1Nc1cc(Cl)ccc1Cl. The van der Waals surface area contributed by atoms with E-state index in [1.54, 1.807) is 18.2 Å². The van der Waals surface area contributed by atoms with Gasteiger partial charge in [-0.25, -0.2) is 4.98 Å². The minimum absolute atomic E-state index is 0.623. The molecule has 0 bridgehead atoms. The number of imidazole rings is 1. The van der Waals surface area contributed by atoms with Crippen molar-refractivity contribution >= 4 is 34.8 Å². The summed E-state index contributed by atoms with van der Waals surface area (Å²) in [6, 6.07) is 5.30. The number of hydrogen-bond acceptors (Lipinski definition) is 2. The molecule has 0 spiro atoms. The standard InChI is InChI=1S/C12H13Cl2N3/c1-3-17-7-8(2)15-12(17)16-11-6-9(13)4-5-10(11)14/h4-7H,3H2,1-2H3,(H,15,16). The molecule has 0 aliphatic heterocycles. The van der Waals surface area contributed by atoms with Gasteiger partial charge in [0.25, 0.3) is 0 Å². The van der Waals surface area contributed by atoms with Gasteiger partial charge in [-0.3, -0.25) is 0 Å². The number of nitrogens with zero attached hydrogens (tertiary/aromatic N) is 2. The zero-order chi connectivity index (χ0) is 12.4. The van der Waals surface area contributed by atoms with E-state index in [9.17, 15) is 0 Å². The number of hydrogen-bond donors (Lipinski definition) is 1. The summed E-state index contributed by atoms with van der Waals surface area (Å²) in [5, 5.41) is 4.45. The average molecular weight is 270 g/mol. The van der Waals surface area contributed by atoms with Gasteiger partial charge in [-0.2, -0.15) is 0 Å². The molecule has 5 heteroatoms. The smallest absolute Gasteiger partial charge is 0.207 e. The second-order valence-corrected chi connectivity index (χ2v) is 4.58. The molecule has 90 valence electrons. The second kappa shape index (κ2) is 4.98. The van der Waals surface area contributed by atoms with E-state index in [-0.39, 0.29) is 0 Å². The minimum Gasteiger partial charge on any atom is -0.324 e. The maximum Gasteiger partial charge on any atom is 0.207 e. The Hall–Kier alpha value is -1.19. The van der Waals surface area contributed by atoms with E-state index in [1.165, 1.54) is 0 Å². The molecule has 2 rings (SSSR count). The maximum absolute atomic E-state index is 6.09. The Kier molecular flexibility index (Phi) is 3.60. The van der Waals surface area contributed by atoms with Crippen LogP contribution in [0.15, 0.2) is 24.4 Å². The lowest BCUT2D eigenvalue weighted by atomic mass is 10.3. The predicted molar refractivity (Wildman–Crippen MR) is 72.4 cm³/mol. The van der Waals surface area contributed by atoms with Gasteiger partial charge < -0.3 is 9.88 Å². The molecule has 0 fully saturated rings. The van der Waals surface area contributed by atoms with Crippen LogP contribution in [0.25, 0.3) is 0 Å². The Morgan fingerprint density at radius 2 is 2.12 bits per heavy atom. The van der Waals surface area contributed by atoms with Crippen LogP contribution in [-0.4, -0.2) is 9.55 Å². The van der Waals surface area contributed by atoms with Gasteiger partial charge in [-0.1, -0.05) is 23.2 Å². The van der Waals surface area contributed by atoms with E-state index in [0.717, 1.165) is 23.9 Å². The van der Waals surface area contributed by atoms with Gasteiger partial charge in [-0.05, 0) is 32.0 Å². The minimum atomic E-state index is 0.623. The molecule has 0 saturated heterocycles. The number of anilines is 2. The van der Waals surface area contributed by atoms with E-state index in [2.05, 4.69) is 17.2 Å². The zero-order valence-corrected chi connectivity index (χ0v) is 11.2. The maximum atomic E-state index is 6.09. The van der Waals surface area contributed by atoms with Crippen molar-refractivity contribution in [1.29, 1.82) is 0 Å². The molecule has 1 aromatic heterocycles. The largest absolute Gasteiger partial charge is 0.324 e. The lowest BCUT2D eigenvalue weighted by Crippen LogP contribution is -2.01. The third kappa shape index (κ3) is 2.73. The van der Waals surface area contributed by atoms with Gasteiger partial charge in [0.2, 0.25) is 5.95 Å². The molecule has 2 aromatic rings. The molecule has 0 aliphatic carbocycles. The lowest BCUT2D eigenvalue weighted by Gasteiger charge is -2.09. The Labute approximate surface area is 110 Å². The third-order valence-electron chi connectivity index (χ3n) is 2.41. The van der Waals surface area contributed by atoms with E-state index in [0.29, 0.717) is 10.0 Å². The quantitative estimate of drug-likeness (QED) is 0.902. The molecule has 17 heavy (non-hydrogen) atoms. The van der Waals surface area contributed by atoms with Gasteiger partial charge in [0.15, 0.2) is 0 Å². The molecule has 0 saturated carbocycles. The summed E-state index contributed by atoms with van der Waals surface area (Å²) in [6.45, 7) is 4.87. The van der Waals surface area contributed by atoms with Gasteiger partial charge in [0, 0.05) is 17.8 Å². The number of aryl methyl sites for hydroxylation is 2. The molecule has 0 aliphatic rings. The van der Waals surface area contributed by atoms with Crippen LogP contribution in [0.3, 0.4) is 0 Å². The van der Waals surface area contributed by atoms with Crippen LogP contribution in [0.1, 0.15) is 12.6 Å². The first-order chi connectivity index (χ1) is 8.10. The first-order valence-corrected chi connectivity index (χ1v) is 6.11. The molecular formula is C12H13Cl2N3. The van der Waals surface area contributed by atoms with Crippen molar-refractivity contribution in [2.24, 2.45) is 0 Å². The molecule has 3 nitrogen and oxygen atoms in total. The molecule has 0 atom stereocenters. The van der Waals surface area contributed by atoms with Gasteiger partial charge >= 0.3 is 0 Å². The summed E-state index contributed by atoms with van der Waals surface area (Å²) in [7, 11) is 0. The van der Waals surface area contributed by atoms with Gasteiger partial charge in [0.1, 0.15) is 0 Å². The fourth-order valence-electron chi connectivity index (χ4n) is 1.60. The van der Waals surface area contributed by atoms with Crippen molar-refractivity contribution in [2.75, 3.05) is 5.32 Å². The monoisotopic (exact) mass is 269 g/mol. The van der Waals surface area contributed by atoms with E-state index in [1.807, 2.05) is 17.7 Å². The van der Waals surface area contributed by atoms with Crippen LogP contribution in [0, 0.1) is 6.92 Å². The molecule has 0 radical (unpaired) electrons. The molecule has 0 amide bonds. The van der Waals surface area contributed by atoms with E-state index in [4.69, 9.17) is 23.2 Å². The molecule has 0 unspecified atom stereocenters. The van der Waals surface area contributed by atoms with Crippen LogP contribution < -0.4 is 5.32 Å². The summed E-state index contributed by atoms with van der Waals surface area (Å²) in [4.78, 5) is 4.40. The van der Waals surface area contributed by atoms with Gasteiger partial charge in [0.05, 0.1) is 16.4 Å². The second-order valence-electron chi connectivity index (χ2n) is 3.74. The molecule has 1 N–H and O–H groups in total. The van der Waals surface area contributed by atoms with E-state index >= 15 is 0 Å². The molecule has 1 heterocycles. The fraction of sp³-hybridized carbons (Fsp3) is 0.250. The average Bonchev–Trinajstić information content (AvgIpc) is 2.64. The van der Waals surface area contributed by atoms with Crippen molar-refractivity contribution in [1.82, 2.24) is 9.55 Å². The summed E-state index contributed by atoms with van der Waals surface area (Å²) in [5.41, 5.74) is 1.73. The van der Waals surface area contributed by atoms with Crippen molar-refractivity contribution in [2.45, 2.75) is 20.4 Å². The highest BCUT2D eigenvalue weighted by Gasteiger charge is 2.07. The highest BCUT2D eigenvalue weighted by molar-refractivity contribution is 6.35. The van der Waals surface area contributed by atoms with Crippen molar-refractivity contribution in [3.05, 3.63) is 40.1 Å². The third-order valence-corrected chi connectivity index (χ3v) is 2.98. The first kappa shape index (κ1) is 12.3. The Balaban J connectivity index is 2.33. The van der Waals surface area contributed by atoms with E-state index < -0.39 is 0 Å². The number of benzene rings is 1. The van der Waals surface area contributed by atoms with Crippen LogP contribution >= 0.6 is 23.2 Å². The highest BCUT2D eigenvalue weighted by atomic mass is 35.5. The van der Waals surface area contributed by atoms with Crippen LogP contribution in [0.5, 0.6) is 0 Å². The lowest BCUT2D eigenvalue weighted by molar-refractivity contribution is 0.771. The number of halogens is 2. The van der Waals surface area contributed by atoms with Crippen molar-refractivity contribution in [3.63, 3.8) is 0 Å². The highest BCUT2D eigenvalue weighted by Crippen LogP contribution is 2.28. The zero-order valence-electron chi connectivity index (χ0n) is 9.67. The number of aromatic nitrogens is 2.